The lowest BCUT2D eigenvalue weighted by molar-refractivity contribution is 0.195. The topological polar surface area (TPSA) is 6.48 Å². The van der Waals surface area contributed by atoms with Gasteiger partial charge in [0.05, 0.1) is 5.54 Å². The Labute approximate surface area is 409 Å². The summed E-state index contributed by atoms with van der Waals surface area (Å²) in [5.74, 6) is 0. The van der Waals surface area contributed by atoms with Gasteiger partial charge in [-0.25, -0.2) is 0 Å². The Hall–Kier alpha value is -5.32. The monoisotopic (exact) mass is 907 g/mol. The van der Waals surface area contributed by atoms with Crippen molar-refractivity contribution in [2.24, 2.45) is 0 Å². The van der Waals surface area contributed by atoms with Gasteiger partial charge in [0.2, 0.25) is 0 Å². The van der Waals surface area contributed by atoms with Crippen LogP contribution >= 0.6 is 11.3 Å². The maximum Gasteiger partial charge on any atom is 0.333 e. The van der Waals surface area contributed by atoms with Crippen LogP contribution in [0.2, 0.25) is 0 Å². The van der Waals surface area contributed by atoms with Crippen LogP contribution in [0.5, 0.6) is 0 Å². The number of nitrogens with zero attached hydrogens (tertiary/aromatic N) is 2. The van der Waals surface area contributed by atoms with Gasteiger partial charge in [-0.2, -0.15) is 0 Å². The van der Waals surface area contributed by atoms with E-state index in [9.17, 15) is 0 Å². The lowest BCUT2D eigenvalue weighted by Crippen LogP contribution is -2.64. The van der Waals surface area contributed by atoms with Crippen molar-refractivity contribution in [2.45, 2.75) is 154 Å². The zero-order valence-corrected chi connectivity index (χ0v) is 43.4. The second kappa shape index (κ2) is 13.7. The quantitative estimate of drug-likeness (QED) is 0.160. The molecule has 1 aromatic heterocycles. The lowest BCUT2D eigenvalue weighted by Gasteiger charge is -2.53. The Bertz CT molecular complexity index is 3490. The van der Waals surface area contributed by atoms with Gasteiger partial charge in [-0.15, -0.1) is 11.3 Å². The van der Waals surface area contributed by atoms with Gasteiger partial charge in [0, 0.05) is 59.5 Å². The van der Waals surface area contributed by atoms with E-state index in [1.165, 1.54) is 148 Å². The third-order valence-electron chi connectivity index (χ3n) is 18.5. The number of fused-ring (bicyclic) bond motifs is 14. The molecule has 2 aliphatic carbocycles. The second-order valence-electron chi connectivity index (χ2n) is 25.5. The van der Waals surface area contributed by atoms with Crippen molar-refractivity contribution in [3.8, 4) is 22.3 Å². The molecular weight excluding hydrogens is 840 g/mol. The van der Waals surface area contributed by atoms with Gasteiger partial charge in [0.15, 0.2) is 0 Å². The highest BCUT2D eigenvalue weighted by Crippen LogP contribution is 2.64. The molecule has 4 heterocycles. The summed E-state index contributed by atoms with van der Waals surface area (Å²) >= 11 is 2.04. The average molecular weight is 907 g/mol. The van der Waals surface area contributed by atoms with Crippen molar-refractivity contribution in [1.29, 1.82) is 0 Å². The Morgan fingerprint density at radius 1 is 0.544 bits per heavy atom. The second-order valence-corrected chi connectivity index (χ2v) is 26.5. The van der Waals surface area contributed by atoms with Gasteiger partial charge in [-0.3, -0.25) is 0 Å². The zero-order valence-electron chi connectivity index (χ0n) is 42.6. The number of rotatable bonds is 2. The summed E-state index contributed by atoms with van der Waals surface area (Å²) in [5, 5.41) is 5.50. The smallest absolute Gasteiger partial charge is 0.333 e. The molecule has 2 unspecified atom stereocenters. The molecule has 68 heavy (non-hydrogen) atoms. The molecule has 2 atom stereocenters. The summed E-state index contributed by atoms with van der Waals surface area (Å²) in [6.07, 6.45) is 7.33. The summed E-state index contributed by atoms with van der Waals surface area (Å²) in [5.41, 5.74) is 21.4. The first-order chi connectivity index (χ1) is 32.2. The first-order valence-corrected chi connectivity index (χ1v) is 26.6. The number of benzene rings is 7. The highest BCUT2D eigenvalue weighted by Gasteiger charge is 2.62. The van der Waals surface area contributed by atoms with Crippen LogP contribution in [0.1, 0.15) is 149 Å². The summed E-state index contributed by atoms with van der Waals surface area (Å²) < 4.78 is 2.82. The summed E-state index contributed by atoms with van der Waals surface area (Å²) in [6, 6.07) is 46.3. The molecule has 0 amide bonds. The number of hydrogen-bond acceptors (Lipinski definition) is 3. The fraction of sp³-hybridized carbons (Fsp3) is 0.375. The Balaban J connectivity index is 1.22. The van der Waals surface area contributed by atoms with Crippen LogP contribution in [0.4, 0.5) is 22.7 Å². The van der Waals surface area contributed by atoms with E-state index in [1.807, 2.05) is 11.3 Å². The van der Waals surface area contributed by atoms with Crippen LogP contribution in [0.3, 0.4) is 0 Å². The normalized spacial score (nSPS) is 22.0. The highest BCUT2D eigenvalue weighted by atomic mass is 32.1. The van der Waals surface area contributed by atoms with Gasteiger partial charge in [0.25, 0.3) is 0 Å². The van der Waals surface area contributed by atoms with Crippen molar-refractivity contribution in [1.82, 2.24) is 0 Å². The predicted molar refractivity (Wildman–Crippen MR) is 297 cm³/mol. The molecule has 8 aromatic rings. The van der Waals surface area contributed by atoms with Gasteiger partial charge in [-0.1, -0.05) is 168 Å². The third-order valence-corrected chi connectivity index (χ3v) is 19.7. The molecular formula is C64H67BN2S. The SMILES string of the molecule is CC(C)(C)c1ccc(N2B3c4cc(C(C)(C)C)cc5c4N(c4cc6ccccc6c(c43)-c3c2ccc2c3sc3cc4c(cc32)C(C)(C)CCC4(C)C)C2(C)CCCCC52C)c(-c2ccccc2)c1. The molecule has 2 nitrogen and oxygen atoms in total. The van der Waals surface area contributed by atoms with Crippen LogP contribution in [0.15, 0.2) is 115 Å². The van der Waals surface area contributed by atoms with Gasteiger partial charge in [0.1, 0.15) is 0 Å². The number of anilines is 4. The summed E-state index contributed by atoms with van der Waals surface area (Å²) in [6.45, 7) is 29.5. The van der Waals surface area contributed by atoms with E-state index in [1.54, 1.807) is 5.56 Å². The molecule has 0 radical (unpaired) electrons. The molecule has 1 saturated carbocycles. The minimum absolute atomic E-state index is 0.00324. The lowest BCUT2D eigenvalue weighted by atomic mass is 9.42. The molecule has 3 aliphatic heterocycles. The third kappa shape index (κ3) is 5.59. The molecule has 0 spiro atoms. The van der Waals surface area contributed by atoms with Crippen molar-refractivity contribution in [3.63, 3.8) is 0 Å². The minimum Gasteiger partial charge on any atom is -0.376 e. The average Bonchev–Trinajstić information content (AvgIpc) is 3.78. The zero-order chi connectivity index (χ0) is 47.2. The van der Waals surface area contributed by atoms with Crippen LogP contribution in [-0.4, -0.2) is 12.4 Å². The van der Waals surface area contributed by atoms with E-state index in [-0.39, 0.29) is 39.5 Å². The Morgan fingerprint density at radius 3 is 1.96 bits per heavy atom. The van der Waals surface area contributed by atoms with Crippen molar-refractivity contribution in [2.75, 3.05) is 9.71 Å². The van der Waals surface area contributed by atoms with Gasteiger partial charge < -0.3 is 9.71 Å². The molecule has 0 N–H and O–H groups in total. The van der Waals surface area contributed by atoms with E-state index < -0.39 is 0 Å². The Kier molecular flexibility index (Phi) is 8.63. The number of thiophene rings is 1. The Morgan fingerprint density at radius 2 is 1.22 bits per heavy atom. The van der Waals surface area contributed by atoms with Crippen molar-refractivity contribution >= 4 is 82.8 Å². The molecule has 342 valence electrons. The standard InChI is InChI=1S/C64H67BN2S/c1-59(2,3)40-24-26-50(44(33-40)38-20-14-13-15-21-38)67-51-27-25-43-45-36-46-47(62(9,10)31-30-61(46,7)8)37-53(45)68-58(43)55(51)54-42-23-17-16-22-39(42)32-52-56(54)65(67)49-35-41(60(4,5)6)34-48-57(49)66(52)64(12)29-19-18-28-63(48,64)11/h13-17,20-27,32-37H,18-19,28-31H2,1-12H3. The maximum atomic E-state index is 2.93. The fourth-order valence-electron chi connectivity index (χ4n) is 14.2. The number of hydrogen-bond donors (Lipinski definition) is 0. The molecule has 13 rings (SSSR count). The van der Waals surface area contributed by atoms with Gasteiger partial charge in [-0.05, 0) is 151 Å². The van der Waals surface area contributed by atoms with Crippen molar-refractivity contribution < 1.29 is 0 Å². The molecule has 7 aromatic carbocycles. The van der Waals surface area contributed by atoms with Crippen LogP contribution < -0.4 is 20.6 Å². The largest absolute Gasteiger partial charge is 0.376 e. The molecule has 4 heteroatoms. The predicted octanol–water partition coefficient (Wildman–Crippen LogP) is 16.8. The minimum atomic E-state index is -0.0724. The van der Waals surface area contributed by atoms with E-state index in [4.69, 9.17) is 0 Å². The molecule has 0 bridgehead atoms. The molecule has 5 aliphatic rings. The summed E-state index contributed by atoms with van der Waals surface area (Å²) in [4.78, 5) is 5.77. The van der Waals surface area contributed by atoms with E-state index in [2.05, 4.69) is 208 Å². The first-order valence-electron chi connectivity index (χ1n) is 25.8. The molecule has 0 saturated heterocycles. The van der Waals surface area contributed by atoms with Crippen molar-refractivity contribution in [3.05, 3.63) is 143 Å². The van der Waals surface area contributed by atoms with E-state index >= 15 is 0 Å². The van der Waals surface area contributed by atoms with Crippen LogP contribution in [0.25, 0.3) is 53.2 Å². The highest BCUT2D eigenvalue weighted by molar-refractivity contribution is 7.26. The van der Waals surface area contributed by atoms with E-state index in [0.717, 1.165) is 0 Å². The summed E-state index contributed by atoms with van der Waals surface area (Å²) in [7, 11) is 0. The maximum absolute atomic E-state index is 2.93. The van der Waals surface area contributed by atoms with E-state index in [0.29, 0.717) is 0 Å². The fourth-order valence-corrected chi connectivity index (χ4v) is 15.5. The van der Waals surface area contributed by atoms with Gasteiger partial charge >= 0.3 is 6.85 Å². The first kappa shape index (κ1) is 42.8. The molecule has 1 fully saturated rings. The van der Waals surface area contributed by atoms with Crippen LogP contribution in [-0.2, 0) is 27.1 Å². The van der Waals surface area contributed by atoms with Crippen LogP contribution in [0, 0.1) is 0 Å².